The maximum Gasteiger partial charge on any atom is 0.407 e. The van der Waals surface area contributed by atoms with Gasteiger partial charge in [-0.3, -0.25) is 0 Å². The number of amides is 1. The van der Waals surface area contributed by atoms with Crippen molar-refractivity contribution in [3.63, 3.8) is 0 Å². The zero-order chi connectivity index (χ0) is 17.0. The van der Waals surface area contributed by atoms with E-state index in [1.54, 1.807) is 12.1 Å². The number of benzene rings is 1. The molecule has 4 nitrogen and oxygen atoms in total. The summed E-state index contributed by atoms with van der Waals surface area (Å²) >= 11 is 5.79. The molecule has 1 aromatic carbocycles. The van der Waals surface area contributed by atoms with Crippen molar-refractivity contribution in [2.45, 2.75) is 64.3 Å². The number of ether oxygens (including phenoxy) is 1. The molecule has 1 aliphatic rings. The molecule has 0 aromatic heterocycles. The fourth-order valence-corrected chi connectivity index (χ4v) is 2.96. The summed E-state index contributed by atoms with van der Waals surface area (Å²) in [5, 5.41) is 6.34. The third kappa shape index (κ3) is 5.36. The van der Waals surface area contributed by atoms with Crippen LogP contribution in [0.15, 0.2) is 18.2 Å². The number of carbonyl (C=O) groups excluding carboxylic acids is 1. The number of nitrogens with one attached hydrogen (secondary N) is 2. The Bertz CT molecular complexity index is 560. The number of hydrogen-bond acceptors (Lipinski definition) is 3. The minimum Gasteiger partial charge on any atom is -0.444 e. The van der Waals surface area contributed by atoms with Gasteiger partial charge < -0.3 is 15.4 Å². The smallest absolute Gasteiger partial charge is 0.407 e. The highest BCUT2D eigenvalue weighted by molar-refractivity contribution is 6.30. The molecule has 6 heteroatoms. The number of hydrogen-bond donors (Lipinski definition) is 2. The quantitative estimate of drug-likeness (QED) is 0.869. The molecule has 1 aliphatic carbocycles. The second-order valence-corrected chi connectivity index (χ2v) is 7.29. The highest BCUT2D eigenvalue weighted by Gasteiger charge is 2.30. The van der Waals surface area contributed by atoms with Gasteiger partial charge >= 0.3 is 6.09 Å². The average molecular weight is 343 g/mol. The summed E-state index contributed by atoms with van der Waals surface area (Å²) in [7, 11) is 0. The van der Waals surface area contributed by atoms with Crippen LogP contribution in [-0.2, 0) is 11.3 Å². The fourth-order valence-electron chi connectivity index (χ4n) is 2.76. The molecule has 2 N–H and O–H groups in total. The predicted molar refractivity (Wildman–Crippen MR) is 89.0 cm³/mol. The third-order valence-corrected chi connectivity index (χ3v) is 4.10. The molecule has 23 heavy (non-hydrogen) atoms. The zero-order valence-corrected chi connectivity index (χ0v) is 14.5. The van der Waals surface area contributed by atoms with Crippen molar-refractivity contribution in [2.24, 2.45) is 0 Å². The van der Waals surface area contributed by atoms with E-state index in [0.717, 1.165) is 19.3 Å². The van der Waals surface area contributed by atoms with Crippen molar-refractivity contribution >= 4 is 17.7 Å². The molecule has 2 rings (SSSR count). The first kappa shape index (κ1) is 18.0. The fraction of sp³-hybridized carbons (Fsp3) is 0.588. The molecule has 2 unspecified atom stereocenters. The normalized spacial score (nSPS) is 21.3. The standard InChI is InChI=1S/C17H24ClFN2O2/c1-17(2,3)23-16(22)21-14-9-5-8-13(14)20-10-11-6-4-7-12(18)15(11)19/h4,6-7,13-14,20H,5,8-10H2,1-3H3,(H,21,22). The number of alkyl carbamates (subject to hydrolysis) is 1. The van der Waals surface area contributed by atoms with Crippen LogP contribution in [0, 0.1) is 5.82 Å². The monoisotopic (exact) mass is 342 g/mol. The Hall–Kier alpha value is -1.33. The predicted octanol–water partition coefficient (Wildman–Crippen LogP) is 4.01. The van der Waals surface area contributed by atoms with Gasteiger partial charge in [0.2, 0.25) is 0 Å². The van der Waals surface area contributed by atoms with Crippen LogP contribution in [0.25, 0.3) is 0 Å². The summed E-state index contributed by atoms with van der Waals surface area (Å²) in [4.78, 5) is 11.9. The summed E-state index contributed by atoms with van der Waals surface area (Å²) in [5.74, 6) is -0.392. The number of carbonyl (C=O) groups is 1. The van der Waals surface area contributed by atoms with Crippen molar-refractivity contribution in [3.8, 4) is 0 Å². The third-order valence-electron chi connectivity index (χ3n) is 3.80. The molecule has 128 valence electrons. The molecular weight excluding hydrogens is 319 g/mol. The Morgan fingerprint density at radius 3 is 2.74 bits per heavy atom. The molecular formula is C17H24ClFN2O2. The Morgan fingerprint density at radius 1 is 1.35 bits per heavy atom. The Kier molecular flexibility index (Phi) is 5.87. The topological polar surface area (TPSA) is 50.4 Å². The summed E-state index contributed by atoms with van der Waals surface area (Å²) < 4.78 is 19.2. The molecule has 0 aliphatic heterocycles. The van der Waals surface area contributed by atoms with Gasteiger partial charge in [-0.15, -0.1) is 0 Å². The average Bonchev–Trinajstić information content (AvgIpc) is 2.85. The first-order valence-electron chi connectivity index (χ1n) is 7.92. The SMILES string of the molecule is CC(C)(C)OC(=O)NC1CCCC1NCc1cccc(Cl)c1F. The van der Waals surface area contributed by atoms with Crippen LogP contribution in [0.5, 0.6) is 0 Å². The minimum atomic E-state index is -0.518. The lowest BCUT2D eigenvalue weighted by Gasteiger charge is -2.25. The van der Waals surface area contributed by atoms with E-state index in [2.05, 4.69) is 10.6 Å². The molecule has 1 saturated carbocycles. The van der Waals surface area contributed by atoms with Gasteiger partial charge in [-0.25, -0.2) is 9.18 Å². The van der Waals surface area contributed by atoms with E-state index in [1.165, 1.54) is 6.07 Å². The maximum absolute atomic E-state index is 13.9. The van der Waals surface area contributed by atoms with Crippen LogP contribution >= 0.6 is 11.6 Å². The van der Waals surface area contributed by atoms with Crippen LogP contribution in [0.4, 0.5) is 9.18 Å². The largest absolute Gasteiger partial charge is 0.444 e. The Balaban J connectivity index is 1.89. The molecule has 0 bridgehead atoms. The van der Waals surface area contributed by atoms with E-state index < -0.39 is 17.5 Å². The maximum atomic E-state index is 13.9. The van der Waals surface area contributed by atoms with Gasteiger partial charge in [0.15, 0.2) is 0 Å². The van der Waals surface area contributed by atoms with Crippen LogP contribution in [0.1, 0.15) is 45.6 Å². The first-order chi connectivity index (χ1) is 10.8. The van der Waals surface area contributed by atoms with Gasteiger partial charge in [-0.2, -0.15) is 0 Å². The van der Waals surface area contributed by atoms with Gasteiger partial charge in [-0.05, 0) is 46.1 Å². The molecule has 0 saturated heterocycles. The summed E-state index contributed by atoms with van der Waals surface area (Å²) in [5.41, 5.74) is 0.00984. The van der Waals surface area contributed by atoms with Crippen molar-refractivity contribution in [3.05, 3.63) is 34.6 Å². The van der Waals surface area contributed by atoms with Gasteiger partial charge in [0.1, 0.15) is 11.4 Å². The van der Waals surface area contributed by atoms with Gasteiger partial charge in [0.25, 0.3) is 0 Å². The first-order valence-corrected chi connectivity index (χ1v) is 8.30. The minimum absolute atomic E-state index is 0.00732. The Morgan fingerprint density at radius 2 is 2.04 bits per heavy atom. The van der Waals surface area contributed by atoms with Gasteiger partial charge in [0.05, 0.1) is 5.02 Å². The highest BCUT2D eigenvalue weighted by atomic mass is 35.5. The summed E-state index contributed by atoms with van der Waals surface area (Å²) in [6.07, 6.45) is 2.42. The van der Waals surface area contributed by atoms with E-state index in [-0.39, 0.29) is 17.1 Å². The molecule has 0 spiro atoms. The van der Waals surface area contributed by atoms with E-state index in [4.69, 9.17) is 16.3 Å². The lowest BCUT2D eigenvalue weighted by molar-refractivity contribution is 0.0498. The lowest BCUT2D eigenvalue weighted by atomic mass is 10.1. The van der Waals surface area contributed by atoms with Crippen molar-refractivity contribution < 1.29 is 13.9 Å². The van der Waals surface area contributed by atoms with Crippen LogP contribution in [0.2, 0.25) is 5.02 Å². The van der Waals surface area contributed by atoms with Crippen molar-refractivity contribution in [1.82, 2.24) is 10.6 Å². The van der Waals surface area contributed by atoms with E-state index >= 15 is 0 Å². The lowest BCUT2D eigenvalue weighted by Crippen LogP contribution is -2.47. The van der Waals surface area contributed by atoms with Crippen molar-refractivity contribution in [1.29, 1.82) is 0 Å². The zero-order valence-electron chi connectivity index (χ0n) is 13.8. The molecule has 1 amide bonds. The number of rotatable bonds is 4. The van der Waals surface area contributed by atoms with E-state index in [0.29, 0.717) is 12.1 Å². The molecule has 0 radical (unpaired) electrons. The van der Waals surface area contributed by atoms with Crippen molar-refractivity contribution in [2.75, 3.05) is 0 Å². The highest BCUT2D eigenvalue weighted by Crippen LogP contribution is 2.22. The van der Waals surface area contributed by atoms with Gasteiger partial charge in [-0.1, -0.05) is 23.7 Å². The summed E-state index contributed by atoms with van der Waals surface area (Å²) in [6, 6.07) is 5.06. The second kappa shape index (κ2) is 7.49. The second-order valence-electron chi connectivity index (χ2n) is 6.88. The van der Waals surface area contributed by atoms with Crippen LogP contribution < -0.4 is 10.6 Å². The van der Waals surface area contributed by atoms with E-state index in [9.17, 15) is 9.18 Å². The van der Waals surface area contributed by atoms with E-state index in [1.807, 2.05) is 20.8 Å². The Labute approximate surface area is 141 Å². The molecule has 0 heterocycles. The molecule has 1 fully saturated rings. The summed E-state index contributed by atoms with van der Waals surface area (Å²) in [6.45, 7) is 5.88. The molecule has 2 atom stereocenters. The molecule has 1 aromatic rings. The van der Waals surface area contributed by atoms with Crippen LogP contribution in [0.3, 0.4) is 0 Å². The number of halogens is 2. The van der Waals surface area contributed by atoms with Crippen LogP contribution in [-0.4, -0.2) is 23.8 Å². The van der Waals surface area contributed by atoms with Gasteiger partial charge in [0, 0.05) is 24.2 Å².